The molecule has 0 amide bonds. The van der Waals surface area contributed by atoms with Crippen molar-refractivity contribution in [1.29, 1.82) is 0 Å². The lowest BCUT2D eigenvalue weighted by Gasteiger charge is -2.08. The Morgan fingerprint density at radius 1 is 1.33 bits per heavy atom. The van der Waals surface area contributed by atoms with Crippen molar-refractivity contribution >= 4 is 5.78 Å². The SMILES string of the molecule is CCc1c(-c2cnn(CC3CC3)c2)c(-c2ccc(F)cc2C(C)=O)nn1C. The highest BCUT2D eigenvalue weighted by atomic mass is 19.1. The Balaban J connectivity index is 1.87. The zero-order chi connectivity index (χ0) is 19.1. The minimum Gasteiger partial charge on any atom is -0.294 e. The third kappa shape index (κ3) is 3.31. The number of benzene rings is 1. The molecule has 0 radical (unpaired) electrons. The largest absolute Gasteiger partial charge is 0.294 e. The van der Waals surface area contributed by atoms with Gasteiger partial charge in [-0.2, -0.15) is 10.2 Å². The predicted octanol–water partition coefficient (Wildman–Crippen LogP) is 4.26. The van der Waals surface area contributed by atoms with Crippen molar-refractivity contribution in [3.63, 3.8) is 0 Å². The van der Waals surface area contributed by atoms with Gasteiger partial charge in [0.15, 0.2) is 5.78 Å². The van der Waals surface area contributed by atoms with Crippen LogP contribution in [-0.2, 0) is 20.0 Å². The lowest BCUT2D eigenvalue weighted by atomic mass is 9.95. The molecule has 3 aromatic rings. The van der Waals surface area contributed by atoms with Gasteiger partial charge in [0.05, 0.1) is 6.20 Å². The van der Waals surface area contributed by atoms with Crippen LogP contribution in [0.3, 0.4) is 0 Å². The smallest absolute Gasteiger partial charge is 0.160 e. The first-order chi connectivity index (χ1) is 13.0. The lowest BCUT2D eigenvalue weighted by molar-refractivity contribution is 0.101. The summed E-state index contributed by atoms with van der Waals surface area (Å²) >= 11 is 0. The van der Waals surface area contributed by atoms with Crippen LogP contribution in [0.25, 0.3) is 22.4 Å². The molecule has 0 unspecified atom stereocenters. The van der Waals surface area contributed by atoms with Crippen LogP contribution in [0.4, 0.5) is 4.39 Å². The van der Waals surface area contributed by atoms with Gasteiger partial charge in [-0.05, 0) is 50.3 Å². The first-order valence-electron chi connectivity index (χ1n) is 9.37. The normalized spacial score (nSPS) is 13.9. The number of carbonyl (C=O) groups excluding carboxylic acids is 1. The molecule has 5 nitrogen and oxygen atoms in total. The molecule has 0 aliphatic heterocycles. The van der Waals surface area contributed by atoms with Crippen LogP contribution in [0.15, 0.2) is 30.6 Å². The summed E-state index contributed by atoms with van der Waals surface area (Å²) in [5, 5.41) is 9.20. The van der Waals surface area contributed by atoms with Crippen molar-refractivity contribution in [3.05, 3.63) is 47.7 Å². The van der Waals surface area contributed by atoms with Crippen molar-refractivity contribution in [3.8, 4) is 22.4 Å². The molecule has 27 heavy (non-hydrogen) atoms. The molecule has 6 heteroatoms. The minimum atomic E-state index is -0.422. The maximum atomic E-state index is 13.7. The van der Waals surface area contributed by atoms with E-state index in [0.29, 0.717) is 16.8 Å². The van der Waals surface area contributed by atoms with Gasteiger partial charge >= 0.3 is 0 Å². The number of aryl methyl sites for hydroxylation is 1. The number of hydrogen-bond donors (Lipinski definition) is 0. The van der Waals surface area contributed by atoms with Gasteiger partial charge in [-0.1, -0.05) is 6.92 Å². The minimum absolute atomic E-state index is 0.177. The predicted molar refractivity (Wildman–Crippen MR) is 102 cm³/mol. The van der Waals surface area contributed by atoms with E-state index in [4.69, 9.17) is 0 Å². The molecule has 0 bridgehead atoms. The standard InChI is InChI=1S/C21H23FN4O/c1-4-19-20(15-10-23-26(12-15)11-14-5-6-14)21(24-25(19)3)17-8-7-16(22)9-18(17)13(2)27/h7-10,12,14H,4-6,11H2,1-3H3. The van der Waals surface area contributed by atoms with Gasteiger partial charge in [0, 0.05) is 47.7 Å². The molecule has 1 fully saturated rings. The third-order valence-corrected chi connectivity index (χ3v) is 5.18. The second-order valence-electron chi connectivity index (χ2n) is 7.29. The van der Waals surface area contributed by atoms with Crippen molar-refractivity contribution in [2.24, 2.45) is 13.0 Å². The molecule has 1 aromatic carbocycles. The van der Waals surface area contributed by atoms with Crippen LogP contribution in [-0.4, -0.2) is 25.3 Å². The molecular formula is C21H23FN4O. The Hall–Kier alpha value is -2.76. The van der Waals surface area contributed by atoms with Gasteiger partial charge < -0.3 is 0 Å². The number of carbonyl (C=O) groups is 1. The molecule has 2 heterocycles. The highest BCUT2D eigenvalue weighted by molar-refractivity contribution is 6.02. The van der Waals surface area contributed by atoms with Crippen LogP contribution in [0.2, 0.25) is 0 Å². The van der Waals surface area contributed by atoms with E-state index in [1.165, 1.54) is 31.9 Å². The van der Waals surface area contributed by atoms with Crippen LogP contribution < -0.4 is 0 Å². The van der Waals surface area contributed by atoms with Gasteiger partial charge in [-0.25, -0.2) is 4.39 Å². The number of ketones is 1. The van der Waals surface area contributed by atoms with Gasteiger partial charge in [0.1, 0.15) is 11.5 Å². The van der Waals surface area contributed by atoms with Crippen molar-refractivity contribution in [2.75, 3.05) is 0 Å². The molecule has 0 N–H and O–H groups in total. The first kappa shape index (κ1) is 17.6. The number of aromatic nitrogens is 4. The monoisotopic (exact) mass is 366 g/mol. The van der Waals surface area contributed by atoms with Crippen LogP contribution in [0.1, 0.15) is 42.7 Å². The van der Waals surface area contributed by atoms with E-state index in [1.54, 1.807) is 6.07 Å². The highest BCUT2D eigenvalue weighted by Crippen LogP contribution is 2.37. The average molecular weight is 366 g/mol. The van der Waals surface area contributed by atoms with Crippen LogP contribution in [0, 0.1) is 11.7 Å². The fourth-order valence-corrected chi connectivity index (χ4v) is 3.63. The molecule has 0 saturated heterocycles. The first-order valence-corrected chi connectivity index (χ1v) is 9.37. The Labute approximate surface area is 157 Å². The van der Waals surface area contributed by atoms with Crippen LogP contribution >= 0.6 is 0 Å². The van der Waals surface area contributed by atoms with Crippen molar-refractivity contribution in [2.45, 2.75) is 39.7 Å². The van der Waals surface area contributed by atoms with Gasteiger partial charge in [-0.15, -0.1) is 0 Å². The summed E-state index contributed by atoms with van der Waals surface area (Å²) in [5.41, 5.74) is 4.72. The average Bonchev–Trinajstić information content (AvgIpc) is 3.22. The Morgan fingerprint density at radius 3 is 2.78 bits per heavy atom. The van der Waals surface area contributed by atoms with Crippen molar-refractivity contribution < 1.29 is 9.18 Å². The van der Waals surface area contributed by atoms with E-state index < -0.39 is 5.82 Å². The summed E-state index contributed by atoms with van der Waals surface area (Å²) in [6.45, 7) is 4.47. The van der Waals surface area contributed by atoms with E-state index >= 15 is 0 Å². The zero-order valence-electron chi connectivity index (χ0n) is 15.9. The summed E-state index contributed by atoms with van der Waals surface area (Å²) in [6, 6.07) is 4.31. The second-order valence-corrected chi connectivity index (χ2v) is 7.29. The number of hydrogen-bond acceptors (Lipinski definition) is 3. The fourth-order valence-electron chi connectivity index (χ4n) is 3.63. The number of nitrogens with zero attached hydrogens (tertiary/aromatic N) is 4. The van der Waals surface area contributed by atoms with Crippen molar-refractivity contribution in [1.82, 2.24) is 19.6 Å². The molecular weight excluding hydrogens is 343 g/mol. The summed E-state index contributed by atoms with van der Waals surface area (Å²) in [4.78, 5) is 12.1. The van der Waals surface area contributed by atoms with E-state index in [0.717, 1.165) is 35.7 Å². The maximum absolute atomic E-state index is 13.7. The molecule has 0 spiro atoms. The third-order valence-electron chi connectivity index (χ3n) is 5.18. The second kappa shape index (κ2) is 6.76. The summed E-state index contributed by atoms with van der Waals surface area (Å²) in [6.07, 6.45) is 7.24. The Morgan fingerprint density at radius 2 is 2.11 bits per heavy atom. The quantitative estimate of drug-likeness (QED) is 0.612. The Kier molecular flexibility index (Phi) is 4.42. The molecule has 140 valence electrons. The molecule has 0 atom stereocenters. The summed E-state index contributed by atoms with van der Waals surface area (Å²) in [5.74, 6) is 0.135. The Bertz CT molecular complexity index is 1010. The topological polar surface area (TPSA) is 52.7 Å². The molecule has 4 rings (SSSR count). The van der Waals surface area contributed by atoms with Gasteiger partial charge in [-0.3, -0.25) is 14.2 Å². The van der Waals surface area contributed by atoms with E-state index in [-0.39, 0.29) is 5.78 Å². The molecule has 1 aliphatic rings. The van der Waals surface area contributed by atoms with Gasteiger partial charge in [0.25, 0.3) is 0 Å². The summed E-state index contributed by atoms with van der Waals surface area (Å²) < 4.78 is 17.6. The van der Waals surface area contributed by atoms with E-state index in [2.05, 4.69) is 23.3 Å². The number of Topliss-reactive ketones (excluding diaryl/α,β-unsaturated/α-hetero) is 1. The lowest BCUT2D eigenvalue weighted by Crippen LogP contribution is -1.99. The van der Waals surface area contributed by atoms with Gasteiger partial charge in [0.2, 0.25) is 0 Å². The maximum Gasteiger partial charge on any atom is 0.160 e. The van der Waals surface area contributed by atoms with E-state index in [1.807, 2.05) is 22.6 Å². The fraction of sp³-hybridized carbons (Fsp3) is 0.381. The molecule has 1 aliphatic carbocycles. The number of halogens is 1. The molecule has 1 saturated carbocycles. The summed E-state index contributed by atoms with van der Waals surface area (Å²) in [7, 11) is 1.90. The molecule has 2 aromatic heterocycles. The van der Waals surface area contributed by atoms with Crippen LogP contribution in [0.5, 0.6) is 0 Å². The number of rotatable bonds is 6. The highest BCUT2D eigenvalue weighted by Gasteiger charge is 2.25. The van der Waals surface area contributed by atoms with E-state index in [9.17, 15) is 9.18 Å². The zero-order valence-corrected chi connectivity index (χ0v) is 15.9.